The first-order valence-electron chi connectivity index (χ1n) is 11.3. The van der Waals surface area contributed by atoms with Crippen LogP contribution in [0.4, 0.5) is 22.0 Å². The number of aromatic nitrogens is 4. The van der Waals surface area contributed by atoms with Gasteiger partial charge in [0.2, 0.25) is 0 Å². The van der Waals surface area contributed by atoms with Crippen molar-refractivity contribution >= 4 is 0 Å². The number of halogens is 5. The third-order valence-corrected chi connectivity index (χ3v) is 7.08. The van der Waals surface area contributed by atoms with E-state index in [0.717, 1.165) is 74.8 Å². The molecule has 0 bridgehead atoms. The molecule has 0 unspecified atom stereocenters. The molecule has 34 heavy (non-hydrogen) atoms. The highest BCUT2D eigenvalue weighted by Gasteiger charge is 2.61. The van der Waals surface area contributed by atoms with Crippen LogP contribution in [0, 0.1) is 17.6 Å². The van der Waals surface area contributed by atoms with Crippen molar-refractivity contribution in [3.8, 4) is 11.4 Å². The zero-order valence-corrected chi connectivity index (χ0v) is 18.6. The molecule has 0 N–H and O–H groups in total. The van der Waals surface area contributed by atoms with Crippen LogP contribution in [-0.4, -0.2) is 44.3 Å². The van der Waals surface area contributed by atoms with E-state index in [0.29, 0.717) is 23.7 Å². The van der Waals surface area contributed by atoms with Crippen molar-refractivity contribution in [3.63, 3.8) is 0 Å². The predicted molar refractivity (Wildman–Crippen MR) is 115 cm³/mol. The fourth-order valence-corrected chi connectivity index (χ4v) is 5.09. The smallest absolute Gasteiger partial charge is 0.314 e. The van der Waals surface area contributed by atoms with Gasteiger partial charge in [-0.3, -0.25) is 4.98 Å². The molecule has 1 saturated carbocycles. The molecule has 2 atom stereocenters. The number of pyridine rings is 1. The van der Waals surface area contributed by atoms with Crippen LogP contribution in [0.1, 0.15) is 36.3 Å². The van der Waals surface area contributed by atoms with Crippen molar-refractivity contribution in [3.05, 3.63) is 65.2 Å². The summed E-state index contributed by atoms with van der Waals surface area (Å²) in [6.45, 7) is 2.65. The summed E-state index contributed by atoms with van der Waals surface area (Å²) in [6, 6.07) is 6.33. The minimum Gasteiger partial charge on any atom is -0.314 e. The van der Waals surface area contributed by atoms with Crippen LogP contribution >= 0.6 is 0 Å². The summed E-state index contributed by atoms with van der Waals surface area (Å²) >= 11 is 0. The third-order valence-electron chi connectivity index (χ3n) is 7.08. The second-order valence-electron chi connectivity index (χ2n) is 9.31. The van der Waals surface area contributed by atoms with Crippen LogP contribution in [0.5, 0.6) is 0 Å². The number of benzene rings is 1. The quantitative estimate of drug-likeness (QED) is 0.363. The minimum atomic E-state index is -4.37. The molecule has 10 heteroatoms. The molecule has 0 amide bonds. The molecule has 2 aromatic heterocycles. The zero-order valence-electron chi connectivity index (χ0n) is 18.6. The van der Waals surface area contributed by atoms with E-state index in [1.807, 2.05) is 0 Å². The van der Waals surface area contributed by atoms with Crippen LogP contribution in [0.25, 0.3) is 11.4 Å². The van der Waals surface area contributed by atoms with Gasteiger partial charge in [-0.05, 0) is 62.1 Å². The summed E-state index contributed by atoms with van der Waals surface area (Å²) in [7, 11) is 1.81. The molecule has 0 spiro atoms. The Balaban J connectivity index is 1.13. The fourth-order valence-electron chi connectivity index (χ4n) is 5.09. The zero-order chi connectivity index (χ0) is 24.1. The molecule has 180 valence electrons. The van der Waals surface area contributed by atoms with Crippen LogP contribution in [0.3, 0.4) is 0 Å². The van der Waals surface area contributed by atoms with Crippen molar-refractivity contribution in [2.24, 2.45) is 13.0 Å². The van der Waals surface area contributed by atoms with E-state index in [1.165, 1.54) is 12.1 Å². The molecular weight excluding hydrogens is 453 g/mol. The van der Waals surface area contributed by atoms with Crippen LogP contribution in [0.15, 0.2) is 36.5 Å². The van der Waals surface area contributed by atoms with Gasteiger partial charge >= 0.3 is 6.18 Å². The number of likely N-dealkylation sites (tertiary alicyclic amines) is 1. The van der Waals surface area contributed by atoms with Gasteiger partial charge in [-0.1, -0.05) is 0 Å². The average Bonchev–Trinajstić information content (AvgIpc) is 3.17. The van der Waals surface area contributed by atoms with Crippen molar-refractivity contribution < 1.29 is 22.0 Å². The van der Waals surface area contributed by atoms with E-state index in [4.69, 9.17) is 0 Å². The van der Waals surface area contributed by atoms with Crippen molar-refractivity contribution in [2.45, 2.75) is 37.3 Å². The van der Waals surface area contributed by atoms with E-state index in [-0.39, 0.29) is 5.41 Å². The van der Waals surface area contributed by atoms with Gasteiger partial charge in [-0.15, -0.1) is 10.2 Å². The second-order valence-corrected chi connectivity index (χ2v) is 9.31. The van der Waals surface area contributed by atoms with Gasteiger partial charge in [0.05, 0.1) is 5.56 Å². The lowest BCUT2D eigenvalue weighted by atomic mass is 10.00. The van der Waals surface area contributed by atoms with Crippen LogP contribution < -0.4 is 0 Å². The number of aryl methyl sites for hydroxylation is 1. The first-order valence-corrected chi connectivity index (χ1v) is 11.3. The molecular formula is C24H24F5N5. The van der Waals surface area contributed by atoms with E-state index in [2.05, 4.69) is 20.1 Å². The molecule has 3 aromatic rings. The van der Waals surface area contributed by atoms with E-state index in [9.17, 15) is 22.0 Å². The molecule has 3 heterocycles. The number of nitrogens with zero attached hydrogens (tertiary/aromatic N) is 5. The molecule has 2 aliphatic rings. The molecule has 1 aliphatic heterocycles. The Bertz CT molecular complexity index is 1190. The number of fused-ring (bicyclic) bond motifs is 1. The number of rotatable bonds is 7. The summed E-state index contributed by atoms with van der Waals surface area (Å²) in [4.78, 5) is 6.51. The molecule has 0 radical (unpaired) electrons. The number of piperidine rings is 1. The first kappa shape index (κ1) is 22.9. The number of hydrogen-bond donors (Lipinski definition) is 0. The van der Waals surface area contributed by atoms with Gasteiger partial charge in [0.15, 0.2) is 17.5 Å². The highest BCUT2D eigenvalue weighted by Crippen LogP contribution is 2.58. The highest BCUT2D eigenvalue weighted by atomic mass is 19.4. The second kappa shape index (κ2) is 8.41. The van der Waals surface area contributed by atoms with E-state index in [1.54, 1.807) is 11.6 Å². The number of alkyl halides is 3. The average molecular weight is 477 g/mol. The summed E-state index contributed by atoms with van der Waals surface area (Å²) in [5.74, 6) is -0.111. The Hall–Kier alpha value is -2.88. The van der Waals surface area contributed by atoms with Gasteiger partial charge in [0.1, 0.15) is 5.82 Å². The standard InChI is InChI=1S/C24H24F5N5/c1-33-21(31-32-22(33)15-5-7-18(25)19(26)10-15)4-2-3-9-34-13-17-11-23(17,14-34)20-8-6-16(12-30-20)24(27,28)29/h5-8,10,12,17H,2-4,9,11,13-14H2,1H3/t17-,23-/m0/s1. The Morgan fingerprint density at radius 1 is 1.06 bits per heavy atom. The molecule has 2 fully saturated rings. The van der Waals surface area contributed by atoms with Crippen molar-refractivity contribution in [1.82, 2.24) is 24.6 Å². The van der Waals surface area contributed by atoms with Gasteiger partial charge in [-0.25, -0.2) is 8.78 Å². The van der Waals surface area contributed by atoms with Gasteiger partial charge in [0.25, 0.3) is 0 Å². The van der Waals surface area contributed by atoms with Crippen LogP contribution in [-0.2, 0) is 25.1 Å². The maximum absolute atomic E-state index is 13.5. The van der Waals surface area contributed by atoms with Crippen molar-refractivity contribution in [1.29, 1.82) is 0 Å². The number of hydrogen-bond acceptors (Lipinski definition) is 4. The number of unbranched alkanes of at least 4 members (excludes halogenated alkanes) is 1. The van der Waals surface area contributed by atoms with E-state index < -0.39 is 23.4 Å². The summed E-state index contributed by atoms with van der Waals surface area (Å²) in [5.41, 5.74) is 0.416. The highest BCUT2D eigenvalue weighted by molar-refractivity contribution is 5.55. The van der Waals surface area contributed by atoms with Gasteiger partial charge in [0, 0.05) is 49.4 Å². The summed E-state index contributed by atoms with van der Waals surface area (Å²) in [6.07, 6.45) is 0.0842. The molecule has 1 aromatic carbocycles. The maximum atomic E-state index is 13.5. The van der Waals surface area contributed by atoms with E-state index >= 15 is 0 Å². The lowest BCUT2D eigenvalue weighted by molar-refractivity contribution is -0.137. The maximum Gasteiger partial charge on any atom is 0.417 e. The molecule has 1 aliphatic carbocycles. The fraction of sp³-hybridized carbons (Fsp3) is 0.458. The first-order chi connectivity index (χ1) is 16.2. The Morgan fingerprint density at radius 2 is 1.88 bits per heavy atom. The largest absolute Gasteiger partial charge is 0.417 e. The summed E-state index contributed by atoms with van der Waals surface area (Å²) < 4.78 is 67.0. The third kappa shape index (κ3) is 4.19. The van der Waals surface area contributed by atoms with Gasteiger partial charge in [-0.2, -0.15) is 13.2 Å². The molecule has 1 saturated heterocycles. The van der Waals surface area contributed by atoms with Crippen molar-refractivity contribution in [2.75, 3.05) is 19.6 Å². The molecule has 5 rings (SSSR count). The lowest BCUT2D eigenvalue weighted by Gasteiger charge is -2.20. The normalized spacial score (nSPS) is 22.2. The Kier molecular flexibility index (Phi) is 5.66. The Labute approximate surface area is 193 Å². The lowest BCUT2D eigenvalue weighted by Crippen LogP contribution is -2.28. The minimum absolute atomic E-state index is 0.104. The monoisotopic (exact) mass is 477 g/mol. The SMILES string of the molecule is Cn1c(CCCCN2C[C@@H]3C[C@]3(c3ccc(C(F)(F)F)cn3)C2)nnc1-c1ccc(F)c(F)c1. The summed E-state index contributed by atoms with van der Waals surface area (Å²) in [5, 5.41) is 8.33. The Morgan fingerprint density at radius 3 is 2.59 bits per heavy atom. The van der Waals surface area contributed by atoms with Crippen LogP contribution in [0.2, 0.25) is 0 Å². The van der Waals surface area contributed by atoms with Gasteiger partial charge < -0.3 is 9.47 Å². The molecule has 5 nitrogen and oxygen atoms in total. The predicted octanol–water partition coefficient (Wildman–Crippen LogP) is 4.77. The topological polar surface area (TPSA) is 46.8 Å².